The molecule has 6 nitrogen and oxygen atoms in total. The number of hydrogen-bond donors (Lipinski definition) is 2. The standard InChI is InChI=1S/C8H9FN2O4S/c1-5(8(12)13)16(14,15)11-7-4-2-3-6(9)10-7/h2-5H,1H3,(H,10,11)(H,12,13). The second kappa shape index (κ2) is 4.44. The summed E-state index contributed by atoms with van der Waals surface area (Å²) in [6.07, 6.45) is 0. The van der Waals surface area contributed by atoms with Crippen LogP contribution in [0, 0.1) is 5.95 Å². The second-order valence-corrected chi connectivity index (χ2v) is 4.97. The van der Waals surface area contributed by atoms with Crippen LogP contribution in [0.4, 0.5) is 10.2 Å². The minimum atomic E-state index is -4.11. The average Bonchev–Trinajstić information content (AvgIpc) is 2.15. The molecule has 0 aromatic carbocycles. The van der Waals surface area contributed by atoms with Crippen LogP contribution in [-0.4, -0.2) is 29.7 Å². The van der Waals surface area contributed by atoms with Gasteiger partial charge in [-0.15, -0.1) is 0 Å². The highest BCUT2D eigenvalue weighted by atomic mass is 32.2. The summed E-state index contributed by atoms with van der Waals surface area (Å²) in [7, 11) is -4.11. The summed E-state index contributed by atoms with van der Waals surface area (Å²) in [5, 5.41) is 6.90. The Kier molecular flexibility index (Phi) is 3.43. The van der Waals surface area contributed by atoms with E-state index in [0.717, 1.165) is 13.0 Å². The van der Waals surface area contributed by atoms with Crippen LogP contribution in [0.3, 0.4) is 0 Å². The molecule has 0 radical (unpaired) electrons. The summed E-state index contributed by atoms with van der Waals surface area (Å²) in [6.45, 7) is 1.00. The molecule has 16 heavy (non-hydrogen) atoms. The summed E-state index contributed by atoms with van der Waals surface area (Å²) in [4.78, 5) is 13.7. The Labute approximate surface area is 91.2 Å². The third-order valence-corrected chi connectivity index (χ3v) is 3.40. The molecular formula is C8H9FN2O4S. The highest BCUT2D eigenvalue weighted by Crippen LogP contribution is 2.09. The van der Waals surface area contributed by atoms with Crippen LogP contribution in [0.1, 0.15) is 6.92 Å². The van der Waals surface area contributed by atoms with E-state index in [0.29, 0.717) is 0 Å². The Balaban J connectivity index is 2.93. The zero-order chi connectivity index (χ0) is 12.3. The zero-order valence-electron chi connectivity index (χ0n) is 8.21. The van der Waals surface area contributed by atoms with Crippen LogP contribution >= 0.6 is 0 Å². The number of pyridine rings is 1. The fourth-order valence-electron chi connectivity index (χ4n) is 0.832. The molecule has 0 saturated heterocycles. The van der Waals surface area contributed by atoms with Crippen LogP contribution in [0.25, 0.3) is 0 Å². The van der Waals surface area contributed by atoms with Gasteiger partial charge in [-0.2, -0.15) is 4.39 Å². The SMILES string of the molecule is CC(C(=O)O)S(=O)(=O)Nc1cccc(F)n1. The maximum atomic E-state index is 12.6. The average molecular weight is 248 g/mol. The molecular weight excluding hydrogens is 239 g/mol. The van der Waals surface area contributed by atoms with E-state index in [1.165, 1.54) is 12.1 Å². The Morgan fingerprint density at radius 3 is 2.69 bits per heavy atom. The Morgan fingerprint density at radius 2 is 2.19 bits per heavy atom. The maximum absolute atomic E-state index is 12.6. The van der Waals surface area contributed by atoms with Gasteiger partial charge in [0.2, 0.25) is 16.0 Å². The van der Waals surface area contributed by atoms with Crippen molar-refractivity contribution in [1.82, 2.24) is 4.98 Å². The van der Waals surface area contributed by atoms with Crippen molar-refractivity contribution in [2.24, 2.45) is 0 Å². The number of nitrogens with zero attached hydrogens (tertiary/aromatic N) is 1. The molecule has 8 heteroatoms. The number of carboxylic acid groups (broad SMARTS) is 1. The summed E-state index contributed by atoms with van der Waals surface area (Å²) in [6, 6.07) is 3.51. The highest BCUT2D eigenvalue weighted by Gasteiger charge is 2.27. The van der Waals surface area contributed by atoms with E-state index in [9.17, 15) is 17.6 Å². The number of rotatable bonds is 4. The zero-order valence-corrected chi connectivity index (χ0v) is 9.03. The van der Waals surface area contributed by atoms with Crippen molar-refractivity contribution in [3.8, 4) is 0 Å². The van der Waals surface area contributed by atoms with Gasteiger partial charge in [-0.25, -0.2) is 13.4 Å². The number of sulfonamides is 1. The minimum absolute atomic E-state index is 0.256. The largest absolute Gasteiger partial charge is 0.480 e. The molecule has 0 spiro atoms. The molecule has 0 fully saturated rings. The fraction of sp³-hybridized carbons (Fsp3) is 0.250. The van der Waals surface area contributed by atoms with Gasteiger partial charge >= 0.3 is 5.97 Å². The predicted molar refractivity (Wildman–Crippen MR) is 53.8 cm³/mol. The van der Waals surface area contributed by atoms with Gasteiger partial charge in [0.25, 0.3) is 0 Å². The Hall–Kier alpha value is -1.70. The van der Waals surface area contributed by atoms with E-state index in [1.807, 2.05) is 4.72 Å². The quantitative estimate of drug-likeness (QED) is 0.753. The monoisotopic (exact) mass is 248 g/mol. The molecule has 1 atom stereocenters. The number of nitrogens with one attached hydrogen (secondary N) is 1. The molecule has 1 rings (SSSR count). The van der Waals surface area contributed by atoms with Crippen LogP contribution in [-0.2, 0) is 14.8 Å². The van der Waals surface area contributed by atoms with E-state index >= 15 is 0 Å². The topological polar surface area (TPSA) is 96.4 Å². The van der Waals surface area contributed by atoms with Crippen LogP contribution < -0.4 is 4.72 Å². The van der Waals surface area contributed by atoms with Gasteiger partial charge in [0, 0.05) is 0 Å². The third kappa shape index (κ3) is 2.89. The summed E-state index contributed by atoms with van der Waals surface area (Å²) >= 11 is 0. The number of aromatic nitrogens is 1. The molecule has 1 aromatic heterocycles. The van der Waals surface area contributed by atoms with Gasteiger partial charge in [-0.1, -0.05) is 6.07 Å². The van der Waals surface area contributed by atoms with Crippen molar-refractivity contribution in [2.45, 2.75) is 12.2 Å². The van der Waals surface area contributed by atoms with E-state index < -0.39 is 27.2 Å². The van der Waals surface area contributed by atoms with Crippen molar-refractivity contribution < 1.29 is 22.7 Å². The molecule has 0 bridgehead atoms. The van der Waals surface area contributed by atoms with E-state index in [1.54, 1.807) is 0 Å². The van der Waals surface area contributed by atoms with Gasteiger partial charge in [-0.05, 0) is 19.1 Å². The van der Waals surface area contributed by atoms with Crippen LogP contribution in [0.5, 0.6) is 0 Å². The number of aliphatic carboxylic acids is 1. The number of halogens is 1. The van der Waals surface area contributed by atoms with Crippen molar-refractivity contribution in [2.75, 3.05) is 4.72 Å². The summed E-state index contributed by atoms with van der Waals surface area (Å²) in [5.41, 5.74) is 0. The molecule has 0 aliphatic heterocycles. The third-order valence-electron chi connectivity index (χ3n) is 1.78. The smallest absolute Gasteiger partial charge is 0.323 e. The Morgan fingerprint density at radius 1 is 1.56 bits per heavy atom. The number of carboxylic acids is 1. The van der Waals surface area contributed by atoms with Gasteiger partial charge in [-0.3, -0.25) is 9.52 Å². The molecule has 0 saturated carbocycles. The molecule has 1 aromatic rings. The van der Waals surface area contributed by atoms with Crippen molar-refractivity contribution in [3.05, 3.63) is 24.1 Å². The highest BCUT2D eigenvalue weighted by molar-refractivity contribution is 7.94. The minimum Gasteiger partial charge on any atom is -0.480 e. The Bertz CT molecular complexity index is 503. The molecule has 1 unspecified atom stereocenters. The van der Waals surface area contributed by atoms with Crippen molar-refractivity contribution in [3.63, 3.8) is 0 Å². The lowest BCUT2D eigenvalue weighted by Gasteiger charge is -2.10. The first-order valence-electron chi connectivity index (χ1n) is 4.20. The number of anilines is 1. The molecule has 0 aliphatic rings. The lowest BCUT2D eigenvalue weighted by atomic mass is 10.5. The maximum Gasteiger partial charge on any atom is 0.323 e. The van der Waals surface area contributed by atoms with Crippen molar-refractivity contribution >= 4 is 21.8 Å². The number of carbonyl (C=O) groups is 1. The fourth-order valence-corrected chi connectivity index (χ4v) is 1.68. The van der Waals surface area contributed by atoms with E-state index in [-0.39, 0.29) is 5.82 Å². The van der Waals surface area contributed by atoms with Gasteiger partial charge in [0.1, 0.15) is 5.82 Å². The summed E-state index contributed by atoms with van der Waals surface area (Å²) < 4.78 is 37.3. The van der Waals surface area contributed by atoms with E-state index in [4.69, 9.17) is 5.11 Å². The van der Waals surface area contributed by atoms with Gasteiger partial charge < -0.3 is 5.11 Å². The lowest BCUT2D eigenvalue weighted by molar-refractivity contribution is -0.136. The van der Waals surface area contributed by atoms with E-state index in [2.05, 4.69) is 4.98 Å². The van der Waals surface area contributed by atoms with Crippen molar-refractivity contribution in [1.29, 1.82) is 0 Å². The van der Waals surface area contributed by atoms with Crippen LogP contribution in [0.2, 0.25) is 0 Å². The molecule has 1 heterocycles. The first kappa shape index (κ1) is 12.4. The predicted octanol–water partition coefficient (Wildman–Crippen LogP) is 0.435. The molecule has 0 amide bonds. The summed E-state index contributed by atoms with van der Waals surface area (Å²) in [5.74, 6) is -2.61. The first-order valence-corrected chi connectivity index (χ1v) is 5.74. The van der Waals surface area contributed by atoms with Gasteiger partial charge in [0.05, 0.1) is 0 Å². The molecule has 0 aliphatic carbocycles. The second-order valence-electron chi connectivity index (χ2n) is 2.97. The lowest BCUT2D eigenvalue weighted by Crippen LogP contribution is -2.32. The van der Waals surface area contributed by atoms with Crippen LogP contribution in [0.15, 0.2) is 18.2 Å². The number of hydrogen-bond acceptors (Lipinski definition) is 4. The first-order chi connectivity index (χ1) is 7.33. The molecule has 2 N–H and O–H groups in total. The normalized spacial score (nSPS) is 13.1. The van der Waals surface area contributed by atoms with Gasteiger partial charge in [0.15, 0.2) is 5.25 Å². The molecule has 88 valence electrons.